The number of halogens is 1. The van der Waals surface area contributed by atoms with Crippen molar-refractivity contribution in [3.8, 4) is 22.8 Å². The summed E-state index contributed by atoms with van der Waals surface area (Å²) in [6, 6.07) is 8.72. The molecule has 1 aromatic carbocycles. The third-order valence-corrected chi connectivity index (χ3v) is 3.82. The van der Waals surface area contributed by atoms with Gasteiger partial charge in [-0.3, -0.25) is 4.79 Å². The van der Waals surface area contributed by atoms with Crippen LogP contribution in [0, 0.1) is 0 Å². The third kappa shape index (κ3) is 3.00. The number of carboxylic acids is 1. The van der Waals surface area contributed by atoms with E-state index in [0.717, 1.165) is 5.56 Å². The molecule has 1 N–H and O–H groups in total. The quantitative estimate of drug-likeness (QED) is 0.724. The number of aromatic nitrogens is 1. The number of carbonyl (C=O) groups is 1. The number of carboxylic acid groups (broad SMARTS) is 1. The van der Waals surface area contributed by atoms with Crippen LogP contribution < -0.4 is 0 Å². The molecular weight excluding hydrogens is 318 g/mol. The van der Waals surface area contributed by atoms with Crippen LogP contribution in [0.5, 0.6) is 0 Å². The van der Waals surface area contributed by atoms with Crippen LogP contribution in [0.25, 0.3) is 22.8 Å². The zero-order valence-electron chi connectivity index (χ0n) is 12.3. The molecule has 2 aromatic heterocycles. The van der Waals surface area contributed by atoms with E-state index in [1.54, 1.807) is 37.3 Å². The van der Waals surface area contributed by atoms with Gasteiger partial charge in [-0.05, 0) is 36.8 Å². The molecule has 0 aliphatic heterocycles. The Morgan fingerprint density at radius 2 is 2.00 bits per heavy atom. The molecule has 3 aromatic rings. The molecule has 0 saturated carbocycles. The lowest BCUT2D eigenvalue weighted by atomic mass is 9.99. The van der Waals surface area contributed by atoms with Crippen LogP contribution in [0.15, 0.2) is 51.7 Å². The molecule has 0 aliphatic carbocycles. The van der Waals surface area contributed by atoms with Crippen LogP contribution >= 0.6 is 11.6 Å². The van der Waals surface area contributed by atoms with Crippen molar-refractivity contribution in [2.45, 2.75) is 19.3 Å². The van der Waals surface area contributed by atoms with Crippen LogP contribution in [0.2, 0.25) is 5.02 Å². The molecule has 0 spiro atoms. The summed E-state index contributed by atoms with van der Waals surface area (Å²) in [6.45, 7) is 1.80. The number of benzene rings is 1. The number of hydrogen-bond acceptors (Lipinski definition) is 4. The van der Waals surface area contributed by atoms with Crippen molar-refractivity contribution < 1.29 is 18.7 Å². The molecule has 1 atom stereocenters. The first kappa shape index (κ1) is 15.4. The highest BCUT2D eigenvalue weighted by molar-refractivity contribution is 6.30. The van der Waals surface area contributed by atoms with Crippen molar-refractivity contribution in [3.05, 3.63) is 53.6 Å². The molecule has 0 fully saturated rings. The Bertz CT molecular complexity index is 806. The Morgan fingerprint density at radius 1 is 1.26 bits per heavy atom. The molecule has 3 rings (SSSR count). The normalized spacial score (nSPS) is 12.3. The summed E-state index contributed by atoms with van der Waals surface area (Å²) in [5.74, 6) is -0.914. The lowest BCUT2D eigenvalue weighted by Gasteiger charge is -2.06. The maximum Gasteiger partial charge on any atom is 0.312 e. The standard InChI is InChI=1S/C17H14ClNO4/c1-2-13(17(20)21)14-15(11-7-8-22-9-11)23-16(19-14)10-3-5-12(18)6-4-10/h3-9,13H,2H2,1H3,(H,20,21). The monoisotopic (exact) mass is 331 g/mol. The molecule has 0 aliphatic rings. The molecule has 0 bridgehead atoms. The van der Waals surface area contributed by atoms with E-state index in [-0.39, 0.29) is 0 Å². The molecule has 118 valence electrons. The van der Waals surface area contributed by atoms with E-state index in [1.165, 1.54) is 12.5 Å². The average Bonchev–Trinajstić information content (AvgIpc) is 3.17. The highest BCUT2D eigenvalue weighted by atomic mass is 35.5. The second kappa shape index (κ2) is 6.30. The minimum atomic E-state index is -0.937. The van der Waals surface area contributed by atoms with Crippen molar-refractivity contribution in [2.75, 3.05) is 0 Å². The summed E-state index contributed by atoms with van der Waals surface area (Å²) < 4.78 is 10.9. The molecule has 2 heterocycles. The molecule has 0 radical (unpaired) electrons. The summed E-state index contributed by atoms with van der Waals surface area (Å²) >= 11 is 5.89. The van der Waals surface area contributed by atoms with E-state index in [0.29, 0.717) is 34.4 Å². The van der Waals surface area contributed by atoms with Gasteiger partial charge in [0.15, 0.2) is 5.76 Å². The van der Waals surface area contributed by atoms with E-state index in [2.05, 4.69) is 4.98 Å². The minimum absolute atomic E-state index is 0.354. The predicted molar refractivity (Wildman–Crippen MR) is 85.3 cm³/mol. The Labute approximate surface area is 137 Å². The Morgan fingerprint density at radius 3 is 2.57 bits per heavy atom. The second-order valence-corrected chi connectivity index (χ2v) is 5.49. The van der Waals surface area contributed by atoms with Crippen LogP contribution in [0.4, 0.5) is 0 Å². The van der Waals surface area contributed by atoms with Gasteiger partial charge in [0.1, 0.15) is 17.9 Å². The zero-order valence-corrected chi connectivity index (χ0v) is 13.1. The van der Waals surface area contributed by atoms with Crippen molar-refractivity contribution in [3.63, 3.8) is 0 Å². The van der Waals surface area contributed by atoms with Crippen LogP contribution in [0.1, 0.15) is 25.0 Å². The largest absolute Gasteiger partial charge is 0.481 e. The fourth-order valence-corrected chi connectivity index (χ4v) is 2.50. The van der Waals surface area contributed by atoms with Crippen LogP contribution in [0.3, 0.4) is 0 Å². The van der Waals surface area contributed by atoms with Gasteiger partial charge in [0.25, 0.3) is 0 Å². The van der Waals surface area contributed by atoms with Gasteiger partial charge in [0.05, 0.1) is 11.8 Å². The maximum absolute atomic E-state index is 11.5. The van der Waals surface area contributed by atoms with E-state index in [1.807, 2.05) is 0 Å². The number of oxazole rings is 1. The fourth-order valence-electron chi connectivity index (χ4n) is 2.37. The molecular formula is C17H14ClNO4. The first-order chi connectivity index (χ1) is 11.1. The van der Waals surface area contributed by atoms with E-state index in [9.17, 15) is 9.90 Å². The van der Waals surface area contributed by atoms with Gasteiger partial charge in [-0.2, -0.15) is 0 Å². The smallest absolute Gasteiger partial charge is 0.312 e. The molecule has 0 saturated heterocycles. The zero-order chi connectivity index (χ0) is 16.4. The van der Waals surface area contributed by atoms with Crippen molar-refractivity contribution in [1.29, 1.82) is 0 Å². The first-order valence-corrected chi connectivity index (χ1v) is 7.50. The van der Waals surface area contributed by atoms with Crippen LogP contribution in [-0.4, -0.2) is 16.1 Å². The lowest BCUT2D eigenvalue weighted by Crippen LogP contribution is -2.11. The summed E-state index contributed by atoms with van der Waals surface area (Å²) in [4.78, 5) is 15.9. The summed E-state index contributed by atoms with van der Waals surface area (Å²) in [5.41, 5.74) is 1.78. The molecule has 0 amide bonds. The lowest BCUT2D eigenvalue weighted by molar-refractivity contribution is -0.138. The second-order valence-electron chi connectivity index (χ2n) is 5.05. The summed E-state index contributed by atoms with van der Waals surface area (Å²) in [5, 5.41) is 10.0. The molecule has 1 unspecified atom stereocenters. The summed E-state index contributed by atoms with van der Waals surface area (Å²) in [7, 11) is 0. The van der Waals surface area contributed by atoms with E-state index in [4.69, 9.17) is 20.4 Å². The number of furan rings is 1. The predicted octanol–water partition coefficient (Wildman–Crippen LogP) is 4.83. The maximum atomic E-state index is 11.5. The van der Waals surface area contributed by atoms with Gasteiger partial charge in [0, 0.05) is 10.6 Å². The first-order valence-electron chi connectivity index (χ1n) is 7.12. The van der Waals surface area contributed by atoms with Gasteiger partial charge in [-0.25, -0.2) is 4.98 Å². The summed E-state index contributed by atoms with van der Waals surface area (Å²) in [6.07, 6.45) is 3.42. The number of hydrogen-bond donors (Lipinski definition) is 1. The van der Waals surface area contributed by atoms with Gasteiger partial charge < -0.3 is 13.9 Å². The van der Waals surface area contributed by atoms with Gasteiger partial charge in [-0.15, -0.1) is 0 Å². The Balaban J connectivity index is 2.13. The van der Waals surface area contributed by atoms with E-state index < -0.39 is 11.9 Å². The van der Waals surface area contributed by atoms with Crippen molar-refractivity contribution >= 4 is 17.6 Å². The van der Waals surface area contributed by atoms with Gasteiger partial charge in [-0.1, -0.05) is 18.5 Å². The highest BCUT2D eigenvalue weighted by Crippen LogP contribution is 2.35. The Kier molecular flexibility index (Phi) is 4.21. The Hall–Kier alpha value is -2.53. The molecule has 6 heteroatoms. The third-order valence-electron chi connectivity index (χ3n) is 3.56. The number of rotatable bonds is 5. The highest BCUT2D eigenvalue weighted by Gasteiger charge is 2.28. The average molecular weight is 332 g/mol. The SMILES string of the molecule is CCC(C(=O)O)c1nc(-c2ccc(Cl)cc2)oc1-c1ccoc1. The number of aliphatic carboxylic acids is 1. The van der Waals surface area contributed by atoms with Gasteiger partial charge in [0.2, 0.25) is 5.89 Å². The fraction of sp³-hybridized carbons (Fsp3) is 0.176. The topological polar surface area (TPSA) is 76.5 Å². The van der Waals surface area contributed by atoms with Crippen LogP contribution in [-0.2, 0) is 4.79 Å². The van der Waals surface area contributed by atoms with Crippen molar-refractivity contribution in [1.82, 2.24) is 4.98 Å². The minimum Gasteiger partial charge on any atom is -0.481 e. The van der Waals surface area contributed by atoms with Crippen molar-refractivity contribution in [2.24, 2.45) is 0 Å². The van der Waals surface area contributed by atoms with E-state index >= 15 is 0 Å². The van der Waals surface area contributed by atoms with Gasteiger partial charge >= 0.3 is 5.97 Å². The molecule has 5 nitrogen and oxygen atoms in total. The molecule has 23 heavy (non-hydrogen) atoms. The number of nitrogens with zero attached hydrogens (tertiary/aromatic N) is 1.